The average Bonchev–Trinajstić information content (AvgIpc) is 3.27. The highest BCUT2D eigenvalue weighted by Crippen LogP contribution is 2.27. The number of para-hydroxylation sites is 1. The number of esters is 1. The molecule has 2 aromatic carbocycles. The van der Waals surface area contributed by atoms with E-state index in [-0.39, 0.29) is 24.2 Å². The van der Waals surface area contributed by atoms with E-state index in [2.05, 4.69) is 15.3 Å². The van der Waals surface area contributed by atoms with E-state index in [1.165, 1.54) is 29.4 Å². The Kier molecular flexibility index (Phi) is 6.36. The minimum atomic E-state index is -0.326. The van der Waals surface area contributed by atoms with Gasteiger partial charge in [-0.15, -0.1) is 11.3 Å². The molecular weight excluding hydrogens is 418 g/mol. The van der Waals surface area contributed by atoms with Crippen LogP contribution < -0.4 is 5.32 Å². The van der Waals surface area contributed by atoms with Gasteiger partial charge in [-0.1, -0.05) is 42.1 Å². The lowest BCUT2D eigenvalue weighted by Crippen LogP contribution is -2.12. The molecular formula is C22H17N3O3S2. The molecule has 0 unspecified atom stereocenters. The van der Waals surface area contributed by atoms with E-state index in [0.717, 1.165) is 26.5 Å². The molecule has 30 heavy (non-hydrogen) atoms. The van der Waals surface area contributed by atoms with Crippen LogP contribution in [0, 0.1) is 0 Å². The van der Waals surface area contributed by atoms with Crippen molar-refractivity contribution in [3.63, 3.8) is 0 Å². The summed E-state index contributed by atoms with van der Waals surface area (Å²) in [6.45, 7) is 0.150. The number of carbonyl (C=O) groups excluding carboxylic acids is 2. The molecule has 2 aromatic heterocycles. The molecule has 0 saturated heterocycles. The first-order valence-corrected chi connectivity index (χ1v) is 11.0. The molecule has 0 aliphatic rings. The first-order valence-electron chi connectivity index (χ1n) is 9.11. The normalized spacial score (nSPS) is 10.7. The van der Waals surface area contributed by atoms with Gasteiger partial charge in [0.25, 0.3) is 5.91 Å². The molecule has 2 heterocycles. The minimum absolute atomic E-state index is 0.150. The number of nitrogens with zero attached hydrogens (tertiary/aromatic N) is 2. The molecule has 150 valence electrons. The number of carbonyl (C=O) groups is 2. The number of hydrogen-bond donors (Lipinski definition) is 1. The van der Waals surface area contributed by atoms with Gasteiger partial charge in [-0.2, -0.15) is 0 Å². The zero-order valence-electron chi connectivity index (χ0n) is 15.8. The summed E-state index contributed by atoms with van der Waals surface area (Å²) >= 11 is 2.87. The Morgan fingerprint density at radius 1 is 1.00 bits per heavy atom. The fourth-order valence-electron chi connectivity index (χ4n) is 2.69. The predicted octanol–water partition coefficient (Wildman–Crippen LogP) is 4.78. The van der Waals surface area contributed by atoms with E-state index in [9.17, 15) is 9.59 Å². The Morgan fingerprint density at radius 3 is 2.60 bits per heavy atom. The Balaban J connectivity index is 1.27. The van der Waals surface area contributed by atoms with Crippen LogP contribution in [0.3, 0.4) is 0 Å². The van der Waals surface area contributed by atoms with Crippen molar-refractivity contribution in [2.75, 3.05) is 11.1 Å². The van der Waals surface area contributed by atoms with Crippen molar-refractivity contribution in [2.45, 2.75) is 11.6 Å². The fraction of sp³-hybridized carbons (Fsp3) is 0.0909. The van der Waals surface area contributed by atoms with Gasteiger partial charge in [-0.3, -0.25) is 9.59 Å². The van der Waals surface area contributed by atoms with Crippen molar-refractivity contribution < 1.29 is 14.3 Å². The summed E-state index contributed by atoms with van der Waals surface area (Å²) in [7, 11) is 0. The summed E-state index contributed by atoms with van der Waals surface area (Å²) < 4.78 is 5.34. The number of benzene rings is 2. The molecule has 0 atom stereocenters. The zero-order valence-corrected chi connectivity index (χ0v) is 17.4. The van der Waals surface area contributed by atoms with Crippen LogP contribution in [0.1, 0.15) is 15.9 Å². The second-order valence-corrected chi connectivity index (χ2v) is 8.14. The number of amides is 1. The van der Waals surface area contributed by atoms with Gasteiger partial charge in [0, 0.05) is 16.6 Å². The summed E-state index contributed by atoms with van der Waals surface area (Å²) in [6.07, 6.45) is 1.50. The molecule has 6 nitrogen and oxygen atoms in total. The van der Waals surface area contributed by atoms with Crippen LogP contribution >= 0.6 is 23.1 Å². The highest BCUT2D eigenvalue weighted by Gasteiger charge is 2.10. The number of aromatic nitrogens is 2. The number of hydrogen-bond acceptors (Lipinski definition) is 7. The summed E-state index contributed by atoms with van der Waals surface area (Å²) in [5.41, 5.74) is 2.08. The Morgan fingerprint density at radius 2 is 1.80 bits per heavy atom. The number of anilines is 1. The number of thiophene rings is 1. The number of fused-ring (bicyclic) bond motifs is 1. The van der Waals surface area contributed by atoms with Crippen molar-refractivity contribution >= 4 is 50.9 Å². The molecule has 4 aromatic rings. The van der Waals surface area contributed by atoms with E-state index in [1.807, 2.05) is 41.8 Å². The van der Waals surface area contributed by atoms with Gasteiger partial charge in [-0.25, -0.2) is 9.97 Å². The molecule has 0 aliphatic carbocycles. The summed E-state index contributed by atoms with van der Waals surface area (Å²) in [5, 5.41) is 6.50. The van der Waals surface area contributed by atoms with Gasteiger partial charge >= 0.3 is 5.97 Å². The van der Waals surface area contributed by atoms with Crippen molar-refractivity contribution in [2.24, 2.45) is 0 Å². The third-order valence-corrected chi connectivity index (χ3v) is 6.00. The minimum Gasteiger partial charge on any atom is -0.460 e. The van der Waals surface area contributed by atoms with E-state index in [4.69, 9.17) is 4.74 Å². The first-order chi connectivity index (χ1) is 14.7. The Bertz CT molecular complexity index is 1160. The van der Waals surface area contributed by atoms with E-state index < -0.39 is 0 Å². The largest absolute Gasteiger partial charge is 0.460 e. The monoisotopic (exact) mass is 435 g/mol. The maximum atomic E-state index is 12.3. The van der Waals surface area contributed by atoms with Gasteiger partial charge in [-0.05, 0) is 41.3 Å². The number of ether oxygens (including phenoxy) is 1. The number of rotatable bonds is 7. The highest BCUT2D eigenvalue weighted by molar-refractivity contribution is 8.00. The second kappa shape index (κ2) is 9.51. The Labute approximate surface area is 181 Å². The molecule has 0 aliphatic heterocycles. The van der Waals surface area contributed by atoms with Crippen molar-refractivity contribution in [1.82, 2.24) is 9.97 Å². The van der Waals surface area contributed by atoms with Crippen LogP contribution in [0.4, 0.5) is 5.69 Å². The van der Waals surface area contributed by atoms with Crippen LogP contribution in [0.15, 0.2) is 77.4 Å². The van der Waals surface area contributed by atoms with Gasteiger partial charge in [0.15, 0.2) is 0 Å². The quantitative estimate of drug-likeness (QED) is 0.256. The van der Waals surface area contributed by atoms with Crippen molar-refractivity contribution in [3.8, 4) is 0 Å². The van der Waals surface area contributed by atoms with E-state index in [1.54, 1.807) is 24.3 Å². The van der Waals surface area contributed by atoms with Crippen LogP contribution in [-0.4, -0.2) is 27.6 Å². The van der Waals surface area contributed by atoms with Crippen LogP contribution in [-0.2, 0) is 16.1 Å². The molecule has 0 fully saturated rings. The highest BCUT2D eigenvalue weighted by atomic mass is 32.2. The van der Waals surface area contributed by atoms with Crippen molar-refractivity contribution in [3.05, 3.63) is 83.5 Å². The molecule has 4 rings (SSSR count). The van der Waals surface area contributed by atoms with Crippen LogP contribution in [0.2, 0.25) is 0 Å². The molecule has 0 spiro atoms. The lowest BCUT2D eigenvalue weighted by Gasteiger charge is -2.07. The molecule has 0 saturated carbocycles. The SMILES string of the molecule is O=C(CSc1ncnc2sccc12)OCc1ccc(C(=O)Nc2ccccc2)cc1. The van der Waals surface area contributed by atoms with E-state index >= 15 is 0 Å². The summed E-state index contributed by atoms with van der Waals surface area (Å²) in [4.78, 5) is 33.7. The molecule has 8 heteroatoms. The lowest BCUT2D eigenvalue weighted by atomic mass is 10.1. The van der Waals surface area contributed by atoms with Crippen molar-refractivity contribution in [1.29, 1.82) is 0 Å². The van der Waals surface area contributed by atoms with Gasteiger partial charge in [0.2, 0.25) is 0 Å². The maximum absolute atomic E-state index is 12.3. The second-order valence-electron chi connectivity index (χ2n) is 6.28. The third-order valence-electron chi connectivity index (χ3n) is 4.20. The fourth-order valence-corrected chi connectivity index (χ4v) is 4.27. The zero-order chi connectivity index (χ0) is 20.8. The molecule has 1 amide bonds. The standard InChI is InChI=1S/C22H17N3O3S2/c26-19(13-30-22-18-10-11-29-21(18)23-14-24-22)28-12-15-6-8-16(9-7-15)20(27)25-17-4-2-1-3-5-17/h1-11,14H,12-13H2,(H,25,27). The number of nitrogens with one attached hydrogen (secondary N) is 1. The van der Waals surface area contributed by atoms with Crippen LogP contribution in [0.25, 0.3) is 10.2 Å². The van der Waals surface area contributed by atoms with E-state index in [0.29, 0.717) is 5.56 Å². The maximum Gasteiger partial charge on any atom is 0.316 e. The van der Waals surface area contributed by atoms with Gasteiger partial charge in [0.1, 0.15) is 22.8 Å². The summed E-state index contributed by atoms with van der Waals surface area (Å²) in [5.74, 6) is -0.349. The van der Waals surface area contributed by atoms with Crippen LogP contribution in [0.5, 0.6) is 0 Å². The predicted molar refractivity (Wildman–Crippen MR) is 119 cm³/mol. The molecule has 1 N–H and O–H groups in total. The average molecular weight is 436 g/mol. The van der Waals surface area contributed by atoms with Gasteiger partial charge < -0.3 is 10.1 Å². The van der Waals surface area contributed by atoms with Gasteiger partial charge in [0.05, 0.1) is 5.75 Å². The number of thioether (sulfide) groups is 1. The Hall–Kier alpha value is -3.23. The molecule has 0 bridgehead atoms. The first kappa shape index (κ1) is 20.1. The topological polar surface area (TPSA) is 81.2 Å². The summed E-state index contributed by atoms with van der Waals surface area (Å²) in [6, 6.07) is 18.2. The smallest absolute Gasteiger partial charge is 0.316 e. The third kappa shape index (κ3) is 5.03. The lowest BCUT2D eigenvalue weighted by molar-refractivity contribution is -0.141. The molecule has 0 radical (unpaired) electrons.